The molecule has 0 saturated heterocycles. The van der Waals surface area contributed by atoms with Gasteiger partial charge in [-0.1, -0.05) is 12.1 Å². The molecule has 170 valence electrons. The molecule has 1 atom stereocenters. The van der Waals surface area contributed by atoms with E-state index in [-0.39, 0.29) is 5.92 Å². The first-order valence-corrected chi connectivity index (χ1v) is 10.5. The van der Waals surface area contributed by atoms with Gasteiger partial charge in [0.25, 0.3) is 0 Å². The summed E-state index contributed by atoms with van der Waals surface area (Å²) in [6.45, 7) is 2.54. The number of pyridine rings is 1. The Kier molecular flexibility index (Phi) is 5.15. The highest BCUT2D eigenvalue weighted by Gasteiger charge is 2.31. The standard InChI is InChI=1S/C23H21F3N6O/c1-14-12-31(13-27-14)19-8-7-18(28-22(19)33-2)21-29-20-11-16(9-10-32(20)30-21)15-3-5-17(6-4-15)23(24,25)26/h3-8,12-13,16H,9-11H2,1-2H3. The minimum atomic E-state index is -4.33. The predicted molar refractivity (Wildman–Crippen MR) is 114 cm³/mol. The largest absolute Gasteiger partial charge is 0.479 e. The maximum atomic E-state index is 12.9. The molecule has 4 aromatic rings. The number of imidazole rings is 1. The fraction of sp³-hybridized carbons (Fsp3) is 0.304. The Bertz CT molecular complexity index is 1290. The highest BCUT2D eigenvalue weighted by molar-refractivity contribution is 5.55. The van der Waals surface area contributed by atoms with Crippen molar-refractivity contribution in [2.75, 3.05) is 7.11 Å². The number of methoxy groups -OCH3 is 1. The number of nitrogens with zero attached hydrogens (tertiary/aromatic N) is 6. The topological polar surface area (TPSA) is 70.7 Å². The molecule has 1 unspecified atom stereocenters. The zero-order chi connectivity index (χ0) is 23.2. The first kappa shape index (κ1) is 21.2. The predicted octanol–water partition coefficient (Wildman–Crippen LogP) is 4.59. The Morgan fingerprint density at radius 1 is 1.06 bits per heavy atom. The monoisotopic (exact) mass is 454 g/mol. The lowest BCUT2D eigenvalue weighted by Gasteiger charge is -2.22. The van der Waals surface area contributed by atoms with E-state index in [4.69, 9.17) is 4.74 Å². The Labute approximate surface area is 187 Å². The van der Waals surface area contributed by atoms with Gasteiger partial charge in [0.05, 0.1) is 24.7 Å². The maximum absolute atomic E-state index is 12.9. The van der Waals surface area contributed by atoms with Crippen LogP contribution in [0.15, 0.2) is 48.9 Å². The van der Waals surface area contributed by atoms with E-state index in [2.05, 4.69) is 20.1 Å². The first-order valence-electron chi connectivity index (χ1n) is 10.5. The molecule has 4 heterocycles. The van der Waals surface area contributed by atoms with Crippen LogP contribution in [-0.2, 0) is 19.1 Å². The van der Waals surface area contributed by atoms with Crippen molar-refractivity contribution in [3.63, 3.8) is 0 Å². The highest BCUT2D eigenvalue weighted by Crippen LogP contribution is 2.34. The van der Waals surface area contributed by atoms with Gasteiger partial charge in [0.15, 0.2) is 5.82 Å². The molecule has 1 aliphatic heterocycles. The molecule has 0 bridgehead atoms. The van der Waals surface area contributed by atoms with Gasteiger partial charge in [-0.3, -0.25) is 0 Å². The fourth-order valence-electron chi connectivity index (χ4n) is 4.10. The molecule has 10 heteroatoms. The van der Waals surface area contributed by atoms with Crippen molar-refractivity contribution in [1.29, 1.82) is 0 Å². The summed E-state index contributed by atoms with van der Waals surface area (Å²) in [5.41, 5.74) is 2.46. The van der Waals surface area contributed by atoms with Gasteiger partial charge in [-0.15, -0.1) is 5.10 Å². The number of rotatable bonds is 4. The van der Waals surface area contributed by atoms with Gasteiger partial charge in [-0.2, -0.15) is 13.2 Å². The van der Waals surface area contributed by atoms with Crippen molar-refractivity contribution in [2.24, 2.45) is 0 Å². The zero-order valence-corrected chi connectivity index (χ0v) is 18.0. The summed E-state index contributed by atoms with van der Waals surface area (Å²) in [6, 6.07) is 9.11. The van der Waals surface area contributed by atoms with Crippen LogP contribution in [0.1, 0.15) is 35.0 Å². The van der Waals surface area contributed by atoms with E-state index in [0.29, 0.717) is 30.4 Å². The van der Waals surface area contributed by atoms with Crippen LogP contribution in [-0.4, -0.2) is 36.4 Å². The lowest BCUT2D eigenvalue weighted by Crippen LogP contribution is -2.19. The normalized spacial score (nSPS) is 16.0. The van der Waals surface area contributed by atoms with Gasteiger partial charge in [0, 0.05) is 19.2 Å². The van der Waals surface area contributed by atoms with Crippen LogP contribution in [0, 0.1) is 6.92 Å². The Morgan fingerprint density at radius 2 is 1.85 bits per heavy atom. The summed E-state index contributed by atoms with van der Waals surface area (Å²) in [5, 5.41) is 4.60. The SMILES string of the molecule is COc1nc(-c2nc3n(n2)CCC(c2ccc(C(F)(F)F)cc2)C3)ccc1-n1cnc(C)c1. The van der Waals surface area contributed by atoms with Crippen LogP contribution in [0.4, 0.5) is 13.2 Å². The number of fused-ring (bicyclic) bond motifs is 1. The molecule has 3 aromatic heterocycles. The van der Waals surface area contributed by atoms with Gasteiger partial charge < -0.3 is 9.30 Å². The Balaban J connectivity index is 1.39. The van der Waals surface area contributed by atoms with E-state index in [1.54, 1.807) is 25.6 Å². The van der Waals surface area contributed by atoms with Crippen LogP contribution in [0.2, 0.25) is 0 Å². The molecule has 0 radical (unpaired) electrons. The maximum Gasteiger partial charge on any atom is 0.416 e. The quantitative estimate of drug-likeness (QED) is 0.451. The minimum Gasteiger partial charge on any atom is -0.479 e. The van der Waals surface area contributed by atoms with Crippen molar-refractivity contribution in [1.82, 2.24) is 29.3 Å². The van der Waals surface area contributed by atoms with Crippen LogP contribution in [0.25, 0.3) is 17.2 Å². The van der Waals surface area contributed by atoms with E-state index in [9.17, 15) is 13.2 Å². The summed E-state index contributed by atoms with van der Waals surface area (Å²) >= 11 is 0. The number of aromatic nitrogens is 6. The van der Waals surface area contributed by atoms with Crippen LogP contribution in [0.3, 0.4) is 0 Å². The van der Waals surface area contributed by atoms with E-state index in [1.165, 1.54) is 0 Å². The number of benzene rings is 1. The number of ether oxygens (including phenoxy) is 1. The van der Waals surface area contributed by atoms with E-state index < -0.39 is 11.7 Å². The lowest BCUT2D eigenvalue weighted by atomic mass is 9.89. The van der Waals surface area contributed by atoms with E-state index in [1.807, 2.05) is 34.5 Å². The minimum absolute atomic E-state index is 0.0891. The average molecular weight is 454 g/mol. The molecule has 5 rings (SSSR count). The second kappa shape index (κ2) is 8.02. The third-order valence-corrected chi connectivity index (χ3v) is 5.83. The summed E-state index contributed by atoms with van der Waals surface area (Å²) in [5.74, 6) is 1.80. The third kappa shape index (κ3) is 4.08. The van der Waals surface area contributed by atoms with E-state index in [0.717, 1.165) is 41.3 Å². The second-order valence-electron chi connectivity index (χ2n) is 8.03. The van der Waals surface area contributed by atoms with Crippen molar-refractivity contribution in [3.05, 3.63) is 71.6 Å². The molecule has 0 aliphatic carbocycles. The fourth-order valence-corrected chi connectivity index (χ4v) is 4.10. The molecule has 0 amide bonds. The summed E-state index contributed by atoms with van der Waals surface area (Å²) in [6.07, 6.45) is 0.622. The molecule has 0 fully saturated rings. The number of halogens is 3. The van der Waals surface area contributed by atoms with Gasteiger partial charge in [0.2, 0.25) is 5.88 Å². The second-order valence-corrected chi connectivity index (χ2v) is 8.03. The molecule has 0 N–H and O–H groups in total. The average Bonchev–Trinajstić information content (AvgIpc) is 3.43. The van der Waals surface area contributed by atoms with Crippen molar-refractivity contribution >= 4 is 0 Å². The smallest absolute Gasteiger partial charge is 0.416 e. The molecule has 1 aromatic carbocycles. The number of aryl methyl sites for hydroxylation is 2. The van der Waals surface area contributed by atoms with Crippen LogP contribution < -0.4 is 4.74 Å². The molecule has 33 heavy (non-hydrogen) atoms. The number of hydrogen-bond acceptors (Lipinski definition) is 5. The molecular weight excluding hydrogens is 433 g/mol. The molecule has 1 aliphatic rings. The Morgan fingerprint density at radius 3 is 2.52 bits per heavy atom. The van der Waals surface area contributed by atoms with Gasteiger partial charge in [-0.05, 0) is 49.1 Å². The van der Waals surface area contributed by atoms with Crippen molar-refractivity contribution in [2.45, 2.75) is 38.4 Å². The summed E-state index contributed by atoms with van der Waals surface area (Å²) in [4.78, 5) is 13.5. The number of alkyl halides is 3. The number of hydrogen-bond donors (Lipinski definition) is 0. The molecule has 0 saturated carbocycles. The van der Waals surface area contributed by atoms with Gasteiger partial charge in [0.1, 0.15) is 17.2 Å². The van der Waals surface area contributed by atoms with Crippen molar-refractivity contribution in [3.8, 4) is 23.1 Å². The summed E-state index contributed by atoms with van der Waals surface area (Å²) in [7, 11) is 1.56. The molecule has 7 nitrogen and oxygen atoms in total. The Hall–Kier alpha value is -3.69. The summed E-state index contributed by atoms with van der Waals surface area (Å²) < 4.78 is 47.7. The first-order chi connectivity index (χ1) is 15.8. The molecular formula is C23H21F3N6O. The lowest BCUT2D eigenvalue weighted by molar-refractivity contribution is -0.137. The van der Waals surface area contributed by atoms with Crippen molar-refractivity contribution < 1.29 is 17.9 Å². The molecule has 0 spiro atoms. The van der Waals surface area contributed by atoms with Gasteiger partial charge in [-0.25, -0.2) is 19.6 Å². The highest BCUT2D eigenvalue weighted by atomic mass is 19.4. The van der Waals surface area contributed by atoms with Crippen LogP contribution >= 0.6 is 0 Å². The third-order valence-electron chi connectivity index (χ3n) is 5.83. The zero-order valence-electron chi connectivity index (χ0n) is 18.0. The van der Waals surface area contributed by atoms with Crippen LogP contribution in [0.5, 0.6) is 5.88 Å². The van der Waals surface area contributed by atoms with E-state index >= 15 is 0 Å². The van der Waals surface area contributed by atoms with Gasteiger partial charge >= 0.3 is 6.18 Å².